The summed E-state index contributed by atoms with van der Waals surface area (Å²) in [7, 11) is 1.79. The first-order valence-corrected chi connectivity index (χ1v) is 6.90. The third kappa shape index (κ3) is 1.90. The molecule has 110 valence electrons. The van der Waals surface area contributed by atoms with Crippen molar-refractivity contribution in [2.45, 2.75) is 45.6 Å². The Morgan fingerprint density at radius 3 is 2.50 bits per heavy atom. The maximum atomic E-state index is 12.8. The van der Waals surface area contributed by atoms with Crippen LogP contribution in [0, 0.1) is 13.8 Å². The number of amides is 1. The van der Waals surface area contributed by atoms with E-state index in [-0.39, 0.29) is 5.91 Å². The van der Waals surface area contributed by atoms with Crippen molar-refractivity contribution in [3.8, 4) is 0 Å². The fourth-order valence-electron chi connectivity index (χ4n) is 3.13. The van der Waals surface area contributed by atoms with Gasteiger partial charge in [0.25, 0.3) is 5.91 Å². The number of aryl methyl sites for hydroxylation is 2. The minimum atomic E-state index is -1.06. The molecule has 1 atom stereocenters. The molecule has 1 saturated heterocycles. The van der Waals surface area contributed by atoms with Crippen molar-refractivity contribution >= 4 is 11.9 Å². The van der Waals surface area contributed by atoms with Crippen LogP contribution in [0.15, 0.2) is 0 Å². The second kappa shape index (κ2) is 4.92. The van der Waals surface area contributed by atoms with Gasteiger partial charge in [-0.25, -0.2) is 4.79 Å². The van der Waals surface area contributed by atoms with Gasteiger partial charge in [0, 0.05) is 19.3 Å². The fraction of sp³-hybridized carbons (Fsp3) is 0.643. The minimum absolute atomic E-state index is 0.213. The minimum Gasteiger partial charge on any atom is -0.479 e. The second-order valence-corrected chi connectivity index (χ2v) is 5.42. The van der Waals surface area contributed by atoms with Gasteiger partial charge in [0.1, 0.15) is 5.54 Å². The Labute approximate surface area is 118 Å². The van der Waals surface area contributed by atoms with Crippen LogP contribution in [-0.2, 0) is 11.8 Å². The van der Waals surface area contributed by atoms with Crippen LogP contribution in [0.1, 0.15) is 47.9 Å². The average molecular weight is 279 g/mol. The van der Waals surface area contributed by atoms with Gasteiger partial charge in [0.05, 0.1) is 11.3 Å². The van der Waals surface area contributed by atoms with Crippen molar-refractivity contribution in [1.29, 1.82) is 0 Å². The van der Waals surface area contributed by atoms with E-state index in [0.29, 0.717) is 30.6 Å². The summed E-state index contributed by atoms with van der Waals surface area (Å²) in [5.41, 5.74) is 0.895. The molecule has 0 bridgehead atoms. The van der Waals surface area contributed by atoms with Gasteiger partial charge in [-0.2, -0.15) is 5.10 Å². The predicted octanol–water partition coefficient (Wildman–Crippen LogP) is 1.51. The molecule has 0 aliphatic carbocycles. The quantitative estimate of drug-likeness (QED) is 0.910. The van der Waals surface area contributed by atoms with Crippen LogP contribution in [0.5, 0.6) is 0 Å². The summed E-state index contributed by atoms with van der Waals surface area (Å²) in [6.45, 7) is 5.93. The highest BCUT2D eigenvalue weighted by Gasteiger charge is 2.49. The Balaban J connectivity index is 2.45. The number of carbonyl (C=O) groups is 2. The van der Waals surface area contributed by atoms with E-state index in [0.717, 1.165) is 12.1 Å². The molecule has 2 heterocycles. The summed E-state index contributed by atoms with van der Waals surface area (Å²) >= 11 is 0. The average Bonchev–Trinajstić information content (AvgIpc) is 2.92. The number of aliphatic carboxylic acids is 1. The Morgan fingerprint density at radius 1 is 1.40 bits per heavy atom. The third-order valence-electron chi connectivity index (χ3n) is 4.44. The second-order valence-electron chi connectivity index (χ2n) is 5.42. The van der Waals surface area contributed by atoms with Crippen LogP contribution in [0.3, 0.4) is 0 Å². The number of rotatable bonds is 3. The van der Waals surface area contributed by atoms with Crippen molar-refractivity contribution in [3.05, 3.63) is 17.0 Å². The van der Waals surface area contributed by atoms with Gasteiger partial charge in [0.15, 0.2) is 0 Å². The fourth-order valence-corrected chi connectivity index (χ4v) is 3.13. The van der Waals surface area contributed by atoms with E-state index in [4.69, 9.17) is 0 Å². The Kier molecular flexibility index (Phi) is 3.58. The van der Waals surface area contributed by atoms with E-state index in [1.807, 2.05) is 13.8 Å². The molecule has 20 heavy (non-hydrogen) atoms. The molecule has 1 aliphatic heterocycles. The van der Waals surface area contributed by atoms with Gasteiger partial charge < -0.3 is 10.0 Å². The van der Waals surface area contributed by atoms with Crippen molar-refractivity contribution in [2.75, 3.05) is 6.54 Å². The molecule has 2 rings (SSSR count). The molecule has 1 unspecified atom stereocenters. The first-order chi connectivity index (χ1) is 9.35. The standard InChI is InChI=1S/C14H21N3O3/c1-5-14(13(19)20)7-6-8-17(14)12(18)11-9(2)15-16(4)10(11)3/h5-8H2,1-4H3,(H,19,20). The van der Waals surface area contributed by atoms with E-state index in [1.165, 1.54) is 4.90 Å². The molecular formula is C14H21N3O3. The number of hydrogen-bond acceptors (Lipinski definition) is 3. The van der Waals surface area contributed by atoms with E-state index in [9.17, 15) is 14.7 Å². The smallest absolute Gasteiger partial charge is 0.329 e. The molecule has 1 N–H and O–H groups in total. The lowest BCUT2D eigenvalue weighted by molar-refractivity contribution is -0.148. The monoisotopic (exact) mass is 279 g/mol. The van der Waals surface area contributed by atoms with Gasteiger partial charge in [-0.05, 0) is 33.1 Å². The zero-order chi connectivity index (χ0) is 15.1. The topological polar surface area (TPSA) is 75.4 Å². The summed E-state index contributed by atoms with van der Waals surface area (Å²) < 4.78 is 1.66. The lowest BCUT2D eigenvalue weighted by atomic mass is 9.92. The summed E-state index contributed by atoms with van der Waals surface area (Å²) in [4.78, 5) is 26.0. The van der Waals surface area contributed by atoms with Gasteiger partial charge >= 0.3 is 5.97 Å². The van der Waals surface area contributed by atoms with E-state index in [1.54, 1.807) is 18.7 Å². The van der Waals surface area contributed by atoms with Crippen LogP contribution in [-0.4, -0.2) is 43.7 Å². The van der Waals surface area contributed by atoms with Crippen LogP contribution in [0.2, 0.25) is 0 Å². The molecular weight excluding hydrogens is 258 g/mol. The molecule has 1 aromatic rings. The van der Waals surface area contributed by atoms with Crippen LogP contribution in [0.25, 0.3) is 0 Å². The van der Waals surface area contributed by atoms with E-state index in [2.05, 4.69) is 5.10 Å². The van der Waals surface area contributed by atoms with Crippen molar-refractivity contribution in [3.63, 3.8) is 0 Å². The number of carboxylic acid groups (broad SMARTS) is 1. The number of carbonyl (C=O) groups excluding carboxylic acids is 1. The normalized spacial score (nSPS) is 22.3. The van der Waals surface area contributed by atoms with Gasteiger partial charge in [-0.15, -0.1) is 0 Å². The number of likely N-dealkylation sites (tertiary alicyclic amines) is 1. The summed E-state index contributed by atoms with van der Waals surface area (Å²) in [6.07, 6.45) is 1.67. The molecule has 1 aliphatic rings. The lowest BCUT2D eigenvalue weighted by Crippen LogP contribution is -2.52. The first-order valence-electron chi connectivity index (χ1n) is 6.90. The largest absolute Gasteiger partial charge is 0.479 e. The molecule has 1 aromatic heterocycles. The van der Waals surface area contributed by atoms with Gasteiger partial charge in [-0.3, -0.25) is 9.48 Å². The number of carboxylic acids is 1. The van der Waals surface area contributed by atoms with Gasteiger partial charge in [0.2, 0.25) is 0 Å². The van der Waals surface area contributed by atoms with Gasteiger partial charge in [-0.1, -0.05) is 6.92 Å². The third-order valence-corrected chi connectivity index (χ3v) is 4.44. The molecule has 1 amide bonds. The Hall–Kier alpha value is -1.85. The highest BCUT2D eigenvalue weighted by Crippen LogP contribution is 2.34. The van der Waals surface area contributed by atoms with Crippen molar-refractivity contribution in [2.24, 2.45) is 7.05 Å². The Bertz CT molecular complexity index is 564. The molecule has 6 nitrogen and oxygen atoms in total. The zero-order valence-electron chi connectivity index (χ0n) is 12.4. The van der Waals surface area contributed by atoms with E-state index >= 15 is 0 Å². The zero-order valence-corrected chi connectivity index (χ0v) is 12.4. The predicted molar refractivity (Wildman–Crippen MR) is 73.6 cm³/mol. The first kappa shape index (κ1) is 14.6. The SMILES string of the molecule is CCC1(C(=O)O)CCCN1C(=O)c1c(C)nn(C)c1C. The van der Waals surface area contributed by atoms with E-state index < -0.39 is 11.5 Å². The molecule has 0 radical (unpaired) electrons. The summed E-state index contributed by atoms with van der Waals surface area (Å²) in [6, 6.07) is 0. The maximum Gasteiger partial charge on any atom is 0.329 e. The number of aromatic nitrogens is 2. The Morgan fingerprint density at radius 2 is 2.05 bits per heavy atom. The number of nitrogens with zero attached hydrogens (tertiary/aromatic N) is 3. The van der Waals surface area contributed by atoms with Crippen LogP contribution >= 0.6 is 0 Å². The molecule has 0 saturated carbocycles. The van der Waals surface area contributed by atoms with Crippen molar-refractivity contribution in [1.82, 2.24) is 14.7 Å². The summed E-state index contributed by atoms with van der Waals surface area (Å²) in [5, 5.41) is 13.8. The summed E-state index contributed by atoms with van der Waals surface area (Å²) in [5.74, 6) is -1.13. The van der Waals surface area contributed by atoms with Crippen LogP contribution < -0.4 is 0 Å². The maximum absolute atomic E-state index is 12.8. The highest BCUT2D eigenvalue weighted by atomic mass is 16.4. The molecule has 0 spiro atoms. The highest BCUT2D eigenvalue weighted by molar-refractivity contribution is 6.00. The molecule has 0 aromatic carbocycles. The molecule has 6 heteroatoms. The van der Waals surface area contributed by atoms with Crippen molar-refractivity contribution < 1.29 is 14.7 Å². The molecule has 1 fully saturated rings. The lowest BCUT2D eigenvalue weighted by Gasteiger charge is -2.34. The van der Waals surface area contributed by atoms with Crippen LogP contribution in [0.4, 0.5) is 0 Å². The number of hydrogen-bond donors (Lipinski definition) is 1.